The molecular formula is C13H12F2N2O. The Kier molecular flexibility index (Phi) is 3.04. The molecule has 0 unspecified atom stereocenters. The van der Waals surface area contributed by atoms with Crippen LogP contribution in [0.3, 0.4) is 0 Å². The van der Waals surface area contributed by atoms with Crippen LogP contribution in [-0.4, -0.2) is 5.91 Å². The topological polar surface area (TPSA) is 52.9 Å². The lowest BCUT2D eigenvalue weighted by Gasteiger charge is -2.33. The second-order valence-electron chi connectivity index (χ2n) is 4.58. The number of nitrogens with zero attached hydrogens (tertiary/aromatic N) is 1. The summed E-state index contributed by atoms with van der Waals surface area (Å²) in [5.74, 6) is -1.85. The molecule has 1 saturated carbocycles. The maximum Gasteiger partial charge on any atom is 0.244 e. The summed E-state index contributed by atoms with van der Waals surface area (Å²) in [5.41, 5.74) is -1.12. The van der Waals surface area contributed by atoms with Crippen LogP contribution in [0, 0.1) is 35.3 Å². The van der Waals surface area contributed by atoms with E-state index in [1.54, 1.807) is 0 Å². The zero-order chi connectivity index (χ0) is 13.3. The van der Waals surface area contributed by atoms with E-state index in [1.165, 1.54) is 6.92 Å². The molecule has 1 aliphatic rings. The normalized spacial score (nSPS) is 16.6. The summed E-state index contributed by atoms with van der Waals surface area (Å²) in [4.78, 5) is 11.9. The first-order chi connectivity index (χ1) is 8.48. The first-order valence-electron chi connectivity index (χ1n) is 5.67. The smallest absolute Gasteiger partial charge is 0.244 e. The molecule has 94 valence electrons. The van der Waals surface area contributed by atoms with Crippen LogP contribution in [0.25, 0.3) is 0 Å². The summed E-state index contributed by atoms with van der Waals surface area (Å²) in [6, 6.07) is 3.91. The number of nitrogens with one attached hydrogen (secondary N) is 1. The van der Waals surface area contributed by atoms with E-state index < -0.39 is 23.0 Å². The van der Waals surface area contributed by atoms with Crippen LogP contribution in [0.4, 0.5) is 14.5 Å². The summed E-state index contributed by atoms with van der Waals surface area (Å²) in [5, 5.41) is 11.3. The van der Waals surface area contributed by atoms with E-state index in [2.05, 4.69) is 5.32 Å². The molecule has 0 aliphatic heterocycles. The van der Waals surface area contributed by atoms with Gasteiger partial charge in [0.25, 0.3) is 0 Å². The number of carbonyl (C=O) groups is 1. The fourth-order valence-corrected chi connectivity index (χ4v) is 1.90. The van der Waals surface area contributed by atoms with Crippen molar-refractivity contribution in [3.8, 4) is 6.07 Å². The van der Waals surface area contributed by atoms with Crippen LogP contribution in [0.1, 0.15) is 24.8 Å². The molecule has 18 heavy (non-hydrogen) atoms. The van der Waals surface area contributed by atoms with Gasteiger partial charge < -0.3 is 5.32 Å². The maximum absolute atomic E-state index is 13.5. The highest BCUT2D eigenvalue weighted by Crippen LogP contribution is 2.41. The Balaban J connectivity index is 2.22. The van der Waals surface area contributed by atoms with Crippen molar-refractivity contribution in [3.63, 3.8) is 0 Å². The van der Waals surface area contributed by atoms with Gasteiger partial charge in [0, 0.05) is 6.07 Å². The highest BCUT2D eigenvalue weighted by molar-refractivity contribution is 5.97. The van der Waals surface area contributed by atoms with Crippen molar-refractivity contribution < 1.29 is 13.6 Å². The van der Waals surface area contributed by atoms with Gasteiger partial charge in [0.1, 0.15) is 17.0 Å². The van der Waals surface area contributed by atoms with Crippen LogP contribution < -0.4 is 5.32 Å². The zero-order valence-corrected chi connectivity index (χ0v) is 9.89. The third kappa shape index (κ3) is 1.94. The predicted octanol–water partition coefficient (Wildman–Crippen LogP) is 2.91. The second kappa shape index (κ2) is 4.37. The van der Waals surface area contributed by atoms with Gasteiger partial charge in [-0.3, -0.25) is 4.79 Å². The molecule has 3 nitrogen and oxygen atoms in total. The Hall–Kier alpha value is -1.96. The van der Waals surface area contributed by atoms with Crippen molar-refractivity contribution >= 4 is 11.6 Å². The quantitative estimate of drug-likeness (QED) is 0.877. The molecule has 0 radical (unpaired) electrons. The number of benzene rings is 1. The zero-order valence-electron chi connectivity index (χ0n) is 9.89. The molecule has 1 aliphatic carbocycles. The lowest BCUT2D eigenvalue weighted by atomic mass is 9.69. The summed E-state index contributed by atoms with van der Waals surface area (Å²) >= 11 is 0. The molecule has 0 aromatic heterocycles. The van der Waals surface area contributed by atoms with Gasteiger partial charge in [0.15, 0.2) is 0 Å². The minimum absolute atomic E-state index is 0.170. The molecule has 1 amide bonds. The number of hydrogen-bond donors (Lipinski definition) is 1. The number of hydrogen-bond acceptors (Lipinski definition) is 2. The number of carbonyl (C=O) groups excluding carboxylic acids is 1. The highest BCUT2D eigenvalue weighted by Gasteiger charge is 2.44. The second-order valence-corrected chi connectivity index (χ2v) is 4.58. The monoisotopic (exact) mass is 250 g/mol. The fraction of sp³-hybridized carbons (Fsp3) is 0.385. The number of rotatable bonds is 2. The van der Waals surface area contributed by atoms with E-state index in [4.69, 9.17) is 5.26 Å². The lowest BCUT2D eigenvalue weighted by Crippen LogP contribution is -2.40. The molecule has 0 bridgehead atoms. The van der Waals surface area contributed by atoms with Crippen LogP contribution in [0.15, 0.2) is 12.1 Å². The van der Waals surface area contributed by atoms with Gasteiger partial charge in [0.2, 0.25) is 5.91 Å². The molecule has 2 rings (SSSR count). The molecule has 0 atom stereocenters. The maximum atomic E-state index is 13.5. The molecule has 5 heteroatoms. The lowest BCUT2D eigenvalue weighted by molar-refractivity contribution is -0.126. The minimum Gasteiger partial charge on any atom is -0.322 e. The first-order valence-corrected chi connectivity index (χ1v) is 5.67. The third-order valence-corrected chi connectivity index (χ3v) is 3.35. The van der Waals surface area contributed by atoms with E-state index in [0.717, 1.165) is 18.6 Å². The number of anilines is 1. The molecule has 1 aromatic rings. The molecule has 0 spiro atoms. The standard InChI is InChI=1S/C13H12F2N2O/c1-8-5-10(15)11(6-9(8)14)17-12(18)13(7-16)3-2-4-13/h5-6H,2-4H2,1H3,(H,17,18). The van der Waals surface area contributed by atoms with Crippen molar-refractivity contribution in [1.82, 2.24) is 0 Å². The summed E-state index contributed by atoms with van der Waals surface area (Å²) in [6.07, 6.45) is 1.72. The molecule has 1 fully saturated rings. The van der Waals surface area contributed by atoms with E-state index in [1.807, 2.05) is 6.07 Å². The van der Waals surface area contributed by atoms with Crippen LogP contribution in [-0.2, 0) is 4.79 Å². The predicted molar refractivity (Wildman–Crippen MR) is 61.6 cm³/mol. The average molecular weight is 250 g/mol. The van der Waals surface area contributed by atoms with Crippen molar-refractivity contribution in [2.75, 3.05) is 5.32 Å². The number of aryl methyl sites for hydroxylation is 1. The molecule has 1 N–H and O–H groups in total. The van der Waals surface area contributed by atoms with Gasteiger partial charge in [-0.25, -0.2) is 8.78 Å². The van der Waals surface area contributed by atoms with E-state index in [0.29, 0.717) is 12.8 Å². The number of amides is 1. The van der Waals surface area contributed by atoms with Gasteiger partial charge in [-0.2, -0.15) is 5.26 Å². The first kappa shape index (κ1) is 12.5. The Morgan fingerprint density at radius 1 is 1.39 bits per heavy atom. The number of halogens is 2. The van der Waals surface area contributed by atoms with E-state index in [9.17, 15) is 13.6 Å². The molecular weight excluding hydrogens is 238 g/mol. The molecule has 0 heterocycles. The van der Waals surface area contributed by atoms with Crippen molar-refractivity contribution in [2.24, 2.45) is 5.41 Å². The van der Waals surface area contributed by atoms with Crippen LogP contribution >= 0.6 is 0 Å². The average Bonchev–Trinajstić information content (AvgIpc) is 2.25. The highest BCUT2D eigenvalue weighted by atomic mass is 19.1. The van der Waals surface area contributed by atoms with Gasteiger partial charge in [-0.05, 0) is 37.8 Å². The third-order valence-electron chi connectivity index (χ3n) is 3.35. The fourth-order valence-electron chi connectivity index (χ4n) is 1.90. The van der Waals surface area contributed by atoms with Crippen LogP contribution in [0.5, 0.6) is 0 Å². The number of nitriles is 1. The van der Waals surface area contributed by atoms with Crippen LogP contribution in [0.2, 0.25) is 0 Å². The van der Waals surface area contributed by atoms with Crippen molar-refractivity contribution in [2.45, 2.75) is 26.2 Å². The Morgan fingerprint density at radius 2 is 2.06 bits per heavy atom. The summed E-state index contributed by atoms with van der Waals surface area (Å²) in [7, 11) is 0. The Morgan fingerprint density at radius 3 is 2.56 bits per heavy atom. The van der Waals surface area contributed by atoms with E-state index in [-0.39, 0.29) is 11.3 Å². The molecule has 1 aromatic carbocycles. The van der Waals surface area contributed by atoms with Gasteiger partial charge in [0.05, 0.1) is 11.8 Å². The van der Waals surface area contributed by atoms with Gasteiger partial charge in [-0.1, -0.05) is 0 Å². The SMILES string of the molecule is Cc1cc(F)c(NC(=O)C2(C#N)CCC2)cc1F. The molecule has 0 saturated heterocycles. The Labute approximate surface area is 103 Å². The Bertz CT molecular complexity index is 545. The van der Waals surface area contributed by atoms with Crippen molar-refractivity contribution in [3.05, 3.63) is 29.3 Å². The minimum atomic E-state index is -1.08. The summed E-state index contributed by atoms with van der Waals surface area (Å²) in [6.45, 7) is 1.44. The van der Waals surface area contributed by atoms with Gasteiger partial charge in [-0.15, -0.1) is 0 Å². The van der Waals surface area contributed by atoms with E-state index >= 15 is 0 Å². The van der Waals surface area contributed by atoms with Crippen molar-refractivity contribution in [1.29, 1.82) is 5.26 Å². The summed E-state index contributed by atoms with van der Waals surface area (Å²) < 4.78 is 26.8. The largest absolute Gasteiger partial charge is 0.322 e. The van der Waals surface area contributed by atoms with Gasteiger partial charge >= 0.3 is 0 Å².